The van der Waals surface area contributed by atoms with E-state index < -0.39 is 11.8 Å². The minimum absolute atomic E-state index is 0.337. The number of carbonyl (C=O) groups is 2. The van der Waals surface area contributed by atoms with Crippen LogP contribution in [0.2, 0.25) is 5.02 Å². The van der Waals surface area contributed by atoms with Gasteiger partial charge in [0.2, 0.25) is 0 Å². The van der Waals surface area contributed by atoms with Gasteiger partial charge in [-0.2, -0.15) is 5.10 Å². The van der Waals surface area contributed by atoms with Crippen LogP contribution in [0, 0.1) is 0 Å². The molecule has 0 aliphatic heterocycles. The molecule has 0 saturated heterocycles. The van der Waals surface area contributed by atoms with E-state index in [-0.39, 0.29) is 0 Å². The van der Waals surface area contributed by atoms with Crippen molar-refractivity contribution in [2.24, 2.45) is 5.10 Å². The summed E-state index contributed by atoms with van der Waals surface area (Å²) in [6.45, 7) is 2.95. The second-order valence-corrected chi connectivity index (χ2v) is 7.64. The van der Waals surface area contributed by atoms with E-state index >= 15 is 0 Å². The molecule has 0 radical (unpaired) electrons. The minimum atomic E-state index is -0.858. The lowest BCUT2D eigenvalue weighted by Crippen LogP contribution is -2.38. The fraction of sp³-hybridized carbons (Fsp3) is 0.192. The van der Waals surface area contributed by atoms with Gasteiger partial charge in [-0.1, -0.05) is 72.3 Å². The van der Waals surface area contributed by atoms with E-state index in [2.05, 4.69) is 15.8 Å². The van der Waals surface area contributed by atoms with Gasteiger partial charge in [0.1, 0.15) is 6.61 Å². The number of halogens is 1. The van der Waals surface area contributed by atoms with Crippen LogP contribution in [0.5, 0.6) is 11.5 Å². The molecule has 0 saturated carbocycles. The number of nitrogens with zero attached hydrogens (tertiary/aromatic N) is 1. The van der Waals surface area contributed by atoms with Crippen LogP contribution < -0.4 is 20.2 Å². The summed E-state index contributed by atoms with van der Waals surface area (Å²) in [4.78, 5) is 23.9. The van der Waals surface area contributed by atoms with Crippen LogP contribution in [0.25, 0.3) is 0 Å². The molecule has 34 heavy (non-hydrogen) atoms. The Hall–Kier alpha value is -3.84. The first-order chi connectivity index (χ1) is 16.6. The van der Waals surface area contributed by atoms with Crippen LogP contribution in [-0.2, 0) is 22.6 Å². The molecule has 3 aromatic rings. The highest BCUT2D eigenvalue weighted by Crippen LogP contribution is 2.36. The fourth-order valence-corrected chi connectivity index (χ4v) is 3.33. The summed E-state index contributed by atoms with van der Waals surface area (Å²) >= 11 is 6.42. The number of hydrogen-bond donors (Lipinski definition) is 2. The summed E-state index contributed by atoms with van der Waals surface area (Å²) in [7, 11) is 0. The molecule has 8 heteroatoms. The van der Waals surface area contributed by atoms with Crippen LogP contribution in [0.3, 0.4) is 0 Å². The molecule has 0 aromatic heterocycles. The normalized spacial score (nSPS) is 10.6. The molecule has 7 nitrogen and oxygen atoms in total. The number of nitrogens with one attached hydrogen (secondary N) is 2. The molecule has 0 fully saturated rings. The fourth-order valence-electron chi connectivity index (χ4n) is 3.06. The van der Waals surface area contributed by atoms with Crippen molar-refractivity contribution in [3.8, 4) is 11.5 Å². The molecule has 176 valence electrons. The maximum atomic E-state index is 12.0. The van der Waals surface area contributed by atoms with Gasteiger partial charge in [0.15, 0.2) is 11.5 Å². The van der Waals surface area contributed by atoms with E-state index in [9.17, 15) is 9.59 Å². The first-order valence-electron chi connectivity index (χ1n) is 10.8. The Balaban J connectivity index is 1.55. The summed E-state index contributed by atoms with van der Waals surface area (Å²) in [6, 6.07) is 22.7. The third kappa shape index (κ3) is 7.64. The van der Waals surface area contributed by atoms with Crippen molar-refractivity contribution in [2.75, 3.05) is 13.2 Å². The standard InChI is InChI=1S/C26H26ClN3O4/c1-2-33-23-16-21(15-22(27)24(23)34-18-20-11-7-4-8-12-20)17-29-30-26(32)25(31)28-14-13-19-9-5-3-6-10-19/h3-12,15-17H,2,13-14,18H2,1H3,(H,28,31)(H,30,32)/b29-17-. The Morgan fingerprint density at radius 2 is 1.62 bits per heavy atom. The van der Waals surface area contributed by atoms with Gasteiger partial charge in [-0.15, -0.1) is 0 Å². The Bertz CT molecular complexity index is 1120. The molecule has 3 aromatic carbocycles. The Kier molecular flexibility index (Phi) is 9.49. The Morgan fingerprint density at radius 1 is 0.941 bits per heavy atom. The van der Waals surface area contributed by atoms with Crippen LogP contribution >= 0.6 is 11.6 Å². The molecule has 0 aliphatic rings. The minimum Gasteiger partial charge on any atom is -0.490 e. The van der Waals surface area contributed by atoms with Gasteiger partial charge >= 0.3 is 11.8 Å². The predicted molar refractivity (Wildman–Crippen MR) is 132 cm³/mol. The number of carbonyl (C=O) groups excluding carboxylic acids is 2. The summed E-state index contributed by atoms with van der Waals surface area (Å²) in [6.07, 6.45) is 2.01. The van der Waals surface area contributed by atoms with E-state index in [1.165, 1.54) is 6.21 Å². The summed E-state index contributed by atoms with van der Waals surface area (Å²) in [5.41, 5.74) is 4.86. The van der Waals surface area contributed by atoms with Gasteiger partial charge in [-0.05, 0) is 42.2 Å². The van der Waals surface area contributed by atoms with Gasteiger partial charge in [0.05, 0.1) is 17.8 Å². The zero-order valence-corrected chi connectivity index (χ0v) is 19.5. The highest BCUT2D eigenvalue weighted by molar-refractivity contribution is 6.35. The van der Waals surface area contributed by atoms with Gasteiger partial charge in [-0.3, -0.25) is 9.59 Å². The van der Waals surface area contributed by atoms with Crippen LogP contribution in [0.4, 0.5) is 0 Å². The van der Waals surface area contributed by atoms with Crippen LogP contribution in [-0.4, -0.2) is 31.2 Å². The number of benzene rings is 3. The van der Waals surface area contributed by atoms with Crippen molar-refractivity contribution >= 4 is 29.6 Å². The average molecular weight is 480 g/mol. The highest BCUT2D eigenvalue weighted by Gasteiger charge is 2.14. The number of rotatable bonds is 10. The molecular formula is C26H26ClN3O4. The molecular weight excluding hydrogens is 454 g/mol. The second kappa shape index (κ2) is 13.0. The van der Waals surface area contributed by atoms with Gasteiger partial charge < -0.3 is 14.8 Å². The molecule has 2 N–H and O–H groups in total. The quantitative estimate of drug-likeness (QED) is 0.260. The van der Waals surface area contributed by atoms with E-state index in [0.29, 0.717) is 48.3 Å². The lowest BCUT2D eigenvalue weighted by molar-refractivity contribution is -0.139. The van der Waals surface area contributed by atoms with Gasteiger partial charge in [0.25, 0.3) is 0 Å². The Morgan fingerprint density at radius 3 is 2.29 bits per heavy atom. The molecule has 0 atom stereocenters. The van der Waals surface area contributed by atoms with E-state index in [1.807, 2.05) is 67.6 Å². The monoisotopic (exact) mass is 479 g/mol. The predicted octanol–water partition coefficient (Wildman–Crippen LogP) is 4.13. The third-order valence-electron chi connectivity index (χ3n) is 4.69. The third-order valence-corrected chi connectivity index (χ3v) is 4.97. The van der Waals surface area contributed by atoms with Crippen molar-refractivity contribution < 1.29 is 19.1 Å². The molecule has 3 rings (SSSR count). The molecule has 0 aliphatic carbocycles. The maximum absolute atomic E-state index is 12.0. The summed E-state index contributed by atoms with van der Waals surface area (Å²) in [5.74, 6) is -0.738. The summed E-state index contributed by atoms with van der Waals surface area (Å²) in [5, 5.41) is 6.76. The summed E-state index contributed by atoms with van der Waals surface area (Å²) < 4.78 is 11.6. The molecule has 0 heterocycles. The Labute approximate surface area is 203 Å². The molecule has 0 unspecified atom stereocenters. The first-order valence-corrected chi connectivity index (χ1v) is 11.2. The maximum Gasteiger partial charge on any atom is 0.329 e. The van der Waals surface area contributed by atoms with E-state index in [1.54, 1.807) is 12.1 Å². The average Bonchev–Trinajstić information content (AvgIpc) is 2.85. The number of hydrazone groups is 1. The zero-order chi connectivity index (χ0) is 24.2. The topological polar surface area (TPSA) is 89.0 Å². The lowest BCUT2D eigenvalue weighted by atomic mass is 10.1. The van der Waals surface area contributed by atoms with E-state index in [4.69, 9.17) is 21.1 Å². The van der Waals surface area contributed by atoms with Gasteiger partial charge in [0, 0.05) is 6.54 Å². The van der Waals surface area contributed by atoms with Crippen molar-refractivity contribution in [3.05, 3.63) is 94.5 Å². The number of ether oxygens (including phenoxy) is 2. The smallest absolute Gasteiger partial charge is 0.329 e. The van der Waals surface area contributed by atoms with Crippen molar-refractivity contribution in [2.45, 2.75) is 20.0 Å². The van der Waals surface area contributed by atoms with Crippen molar-refractivity contribution in [3.63, 3.8) is 0 Å². The first kappa shape index (κ1) is 24.8. The SMILES string of the molecule is CCOc1cc(/C=N\NC(=O)C(=O)NCCc2ccccc2)cc(Cl)c1OCc1ccccc1. The van der Waals surface area contributed by atoms with Gasteiger partial charge in [-0.25, -0.2) is 5.43 Å². The lowest BCUT2D eigenvalue weighted by Gasteiger charge is -2.14. The van der Waals surface area contributed by atoms with Crippen molar-refractivity contribution in [1.29, 1.82) is 0 Å². The highest BCUT2D eigenvalue weighted by atomic mass is 35.5. The van der Waals surface area contributed by atoms with Crippen LogP contribution in [0.1, 0.15) is 23.6 Å². The molecule has 2 amide bonds. The van der Waals surface area contributed by atoms with Crippen molar-refractivity contribution in [1.82, 2.24) is 10.7 Å². The second-order valence-electron chi connectivity index (χ2n) is 7.23. The number of hydrogen-bond acceptors (Lipinski definition) is 5. The van der Waals surface area contributed by atoms with E-state index in [0.717, 1.165) is 11.1 Å². The largest absolute Gasteiger partial charge is 0.490 e. The number of amides is 2. The molecule has 0 bridgehead atoms. The zero-order valence-electron chi connectivity index (χ0n) is 18.8. The molecule has 0 spiro atoms. The van der Waals surface area contributed by atoms with Crippen LogP contribution in [0.15, 0.2) is 77.9 Å².